The number of nitrogens with zero attached hydrogens (tertiary/aromatic N) is 3. The monoisotopic (exact) mass is 393 g/mol. The molecule has 6 nitrogen and oxygen atoms in total. The van der Waals surface area contributed by atoms with Gasteiger partial charge in [-0.1, -0.05) is 0 Å². The van der Waals surface area contributed by atoms with E-state index in [9.17, 15) is 14.3 Å². The fraction of sp³-hybridized carbons (Fsp3) is 0.667. The summed E-state index contributed by atoms with van der Waals surface area (Å²) in [6.07, 6.45) is 3.65. The highest BCUT2D eigenvalue weighted by atomic mass is 19.1. The summed E-state index contributed by atoms with van der Waals surface area (Å²) in [4.78, 5) is 19.0. The van der Waals surface area contributed by atoms with Crippen molar-refractivity contribution >= 4 is 5.91 Å². The molecule has 2 saturated heterocycles. The predicted octanol–water partition coefficient (Wildman–Crippen LogP) is 1.72. The number of hydrogen-bond acceptors (Lipinski definition) is 5. The van der Waals surface area contributed by atoms with Crippen LogP contribution >= 0.6 is 0 Å². The van der Waals surface area contributed by atoms with Crippen LogP contribution in [0.25, 0.3) is 0 Å². The number of ether oxygens (including phenoxy) is 1. The Balaban J connectivity index is 1.60. The molecule has 2 aliphatic heterocycles. The summed E-state index contributed by atoms with van der Waals surface area (Å²) in [7, 11) is 3.47. The molecule has 1 unspecified atom stereocenters. The van der Waals surface area contributed by atoms with Gasteiger partial charge in [-0.2, -0.15) is 0 Å². The Kier molecular flexibility index (Phi) is 6.91. The van der Waals surface area contributed by atoms with Crippen LogP contribution in [0.2, 0.25) is 0 Å². The van der Waals surface area contributed by atoms with Gasteiger partial charge in [0, 0.05) is 38.3 Å². The van der Waals surface area contributed by atoms with Gasteiger partial charge in [-0.05, 0) is 64.0 Å². The number of halogens is 1. The number of piperidine rings is 1. The lowest BCUT2D eigenvalue weighted by Crippen LogP contribution is -2.58. The van der Waals surface area contributed by atoms with Crippen molar-refractivity contribution in [2.45, 2.75) is 37.8 Å². The van der Waals surface area contributed by atoms with Crippen LogP contribution in [0.1, 0.15) is 31.2 Å². The van der Waals surface area contributed by atoms with E-state index in [2.05, 4.69) is 4.90 Å². The molecule has 2 heterocycles. The number of carbonyl (C=O) groups is 1. The largest absolute Gasteiger partial charge is 0.497 e. The summed E-state index contributed by atoms with van der Waals surface area (Å²) in [6, 6.07) is 4.52. The Morgan fingerprint density at radius 3 is 2.71 bits per heavy atom. The minimum Gasteiger partial charge on any atom is -0.497 e. The van der Waals surface area contributed by atoms with Crippen LogP contribution < -0.4 is 4.74 Å². The van der Waals surface area contributed by atoms with Crippen molar-refractivity contribution in [3.8, 4) is 5.75 Å². The van der Waals surface area contributed by atoms with Crippen molar-refractivity contribution in [3.05, 3.63) is 29.6 Å². The number of benzene rings is 1. The molecule has 0 saturated carbocycles. The molecule has 1 aromatic carbocycles. The molecule has 156 valence electrons. The third-order valence-corrected chi connectivity index (χ3v) is 5.85. The Morgan fingerprint density at radius 2 is 2.00 bits per heavy atom. The quantitative estimate of drug-likeness (QED) is 0.729. The van der Waals surface area contributed by atoms with E-state index in [0.717, 1.165) is 26.2 Å². The average molecular weight is 394 g/mol. The summed E-state index contributed by atoms with van der Waals surface area (Å²) in [5, 5.41) is 11.1. The van der Waals surface area contributed by atoms with E-state index in [1.54, 1.807) is 17.0 Å². The summed E-state index contributed by atoms with van der Waals surface area (Å²) in [5.74, 6) is -0.128. The SMILES string of the molecule is COc1ccc(F)c(CN2CCCC(O)(CN(C)CCN3CCCC3)C2=O)c1. The van der Waals surface area contributed by atoms with Crippen LogP contribution in [-0.4, -0.2) is 84.7 Å². The Bertz CT molecular complexity index is 681. The fourth-order valence-electron chi connectivity index (χ4n) is 4.21. The minimum absolute atomic E-state index is 0.141. The highest BCUT2D eigenvalue weighted by Gasteiger charge is 2.43. The number of amides is 1. The van der Waals surface area contributed by atoms with Gasteiger partial charge in [0.1, 0.15) is 11.6 Å². The van der Waals surface area contributed by atoms with Gasteiger partial charge < -0.3 is 24.5 Å². The van der Waals surface area contributed by atoms with Gasteiger partial charge in [0.05, 0.1) is 7.11 Å². The normalized spacial score (nSPS) is 23.6. The first-order valence-electron chi connectivity index (χ1n) is 10.2. The summed E-state index contributed by atoms with van der Waals surface area (Å²) >= 11 is 0. The van der Waals surface area contributed by atoms with Gasteiger partial charge in [0.15, 0.2) is 5.60 Å². The molecule has 1 aromatic rings. The lowest BCUT2D eigenvalue weighted by Gasteiger charge is -2.40. The predicted molar refractivity (Wildman–Crippen MR) is 106 cm³/mol. The second-order valence-corrected chi connectivity index (χ2v) is 8.11. The molecule has 0 spiro atoms. The second-order valence-electron chi connectivity index (χ2n) is 8.11. The smallest absolute Gasteiger partial charge is 0.256 e. The van der Waals surface area contributed by atoms with E-state index in [0.29, 0.717) is 37.2 Å². The Hall–Kier alpha value is -1.70. The van der Waals surface area contributed by atoms with Gasteiger partial charge in [-0.3, -0.25) is 4.79 Å². The number of aliphatic hydroxyl groups is 1. The number of likely N-dealkylation sites (tertiary alicyclic amines) is 2. The number of hydrogen-bond donors (Lipinski definition) is 1. The summed E-state index contributed by atoms with van der Waals surface area (Å²) in [6.45, 7) is 5.02. The Labute approximate surface area is 166 Å². The second kappa shape index (κ2) is 9.20. The van der Waals surface area contributed by atoms with Gasteiger partial charge >= 0.3 is 0 Å². The first kappa shape index (κ1) is 21.0. The zero-order valence-electron chi connectivity index (χ0n) is 17.0. The number of rotatable bonds is 8. The van der Waals surface area contributed by atoms with Crippen molar-refractivity contribution < 1.29 is 19.0 Å². The van der Waals surface area contributed by atoms with Crippen molar-refractivity contribution in [3.63, 3.8) is 0 Å². The van der Waals surface area contributed by atoms with Crippen molar-refractivity contribution in [1.82, 2.24) is 14.7 Å². The van der Waals surface area contributed by atoms with Crippen LogP contribution in [0, 0.1) is 5.82 Å². The van der Waals surface area contributed by atoms with Crippen LogP contribution in [-0.2, 0) is 11.3 Å². The topological polar surface area (TPSA) is 56.3 Å². The molecule has 0 bridgehead atoms. The first-order chi connectivity index (χ1) is 13.4. The highest BCUT2D eigenvalue weighted by molar-refractivity contribution is 5.86. The van der Waals surface area contributed by atoms with Crippen molar-refractivity contribution in [2.75, 3.05) is 53.4 Å². The maximum Gasteiger partial charge on any atom is 0.256 e. The van der Waals surface area contributed by atoms with Crippen LogP contribution in [0.3, 0.4) is 0 Å². The van der Waals surface area contributed by atoms with Crippen LogP contribution in [0.4, 0.5) is 4.39 Å². The number of carbonyl (C=O) groups excluding carboxylic acids is 1. The van der Waals surface area contributed by atoms with Crippen LogP contribution in [0.15, 0.2) is 18.2 Å². The van der Waals surface area contributed by atoms with Gasteiger partial charge in [0.25, 0.3) is 5.91 Å². The van der Waals surface area contributed by atoms with E-state index in [1.807, 2.05) is 11.9 Å². The van der Waals surface area contributed by atoms with Gasteiger partial charge in [-0.25, -0.2) is 4.39 Å². The van der Waals surface area contributed by atoms with Crippen molar-refractivity contribution in [1.29, 1.82) is 0 Å². The number of likely N-dealkylation sites (N-methyl/N-ethyl adjacent to an activating group) is 1. The zero-order chi connectivity index (χ0) is 20.1. The van der Waals surface area contributed by atoms with Crippen LogP contribution in [0.5, 0.6) is 5.75 Å². The molecule has 2 fully saturated rings. The van der Waals surface area contributed by atoms with E-state index < -0.39 is 5.60 Å². The molecule has 0 radical (unpaired) electrons. The average Bonchev–Trinajstić information content (AvgIpc) is 3.19. The molecule has 1 atom stereocenters. The number of methoxy groups -OCH3 is 1. The molecule has 28 heavy (non-hydrogen) atoms. The molecule has 3 rings (SSSR count). The molecule has 0 aliphatic carbocycles. The first-order valence-corrected chi connectivity index (χ1v) is 10.2. The van der Waals surface area contributed by atoms with E-state index in [4.69, 9.17) is 4.74 Å². The molecule has 7 heteroatoms. The highest BCUT2D eigenvalue weighted by Crippen LogP contribution is 2.26. The Morgan fingerprint density at radius 1 is 1.25 bits per heavy atom. The standard InChI is InChI=1S/C21H32FN3O3/c1-23(12-13-24-9-3-4-10-24)16-21(27)8-5-11-25(20(21)26)15-17-14-18(28-2)6-7-19(17)22/h6-7,14,27H,3-5,8-13,15-16H2,1-2H3. The summed E-state index contributed by atoms with van der Waals surface area (Å²) < 4.78 is 19.3. The van der Waals surface area contributed by atoms with E-state index in [1.165, 1.54) is 26.0 Å². The molecular weight excluding hydrogens is 361 g/mol. The van der Waals surface area contributed by atoms with E-state index in [-0.39, 0.29) is 18.3 Å². The zero-order valence-corrected chi connectivity index (χ0v) is 17.0. The molecule has 1 amide bonds. The van der Waals surface area contributed by atoms with Crippen molar-refractivity contribution in [2.24, 2.45) is 0 Å². The third-order valence-electron chi connectivity index (χ3n) is 5.85. The maximum atomic E-state index is 14.2. The minimum atomic E-state index is -1.41. The third kappa shape index (κ3) is 5.01. The summed E-state index contributed by atoms with van der Waals surface area (Å²) in [5.41, 5.74) is -1.01. The fourth-order valence-corrected chi connectivity index (χ4v) is 4.21. The lowest BCUT2D eigenvalue weighted by molar-refractivity contribution is -0.160. The molecule has 0 aromatic heterocycles. The molecule has 1 N–H and O–H groups in total. The maximum absolute atomic E-state index is 14.2. The van der Waals surface area contributed by atoms with E-state index >= 15 is 0 Å². The molecular formula is C21H32FN3O3. The lowest BCUT2D eigenvalue weighted by atomic mass is 9.90. The molecule has 2 aliphatic rings. The van der Waals surface area contributed by atoms with Gasteiger partial charge in [-0.15, -0.1) is 0 Å². The van der Waals surface area contributed by atoms with Gasteiger partial charge in [0.2, 0.25) is 0 Å².